The van der Waals surface area contributed by atoms with Crippen molar-refractivity contribution in [2.24, 2.45) is 5.73 Å². The topological polar surface area (TPSA) is 61.0 Å². The third kappa shape index (κ3) is 2.44. The number of ether oxygens (including phenoxy) is 1. The van der Waals surface area contributed by atoms with Crippen molar-refractivity contribution in [3.63, 3.8) is 0 Å². The van der Waals surface area contributed by atoms with E-state index in [1.165, 1.54) is 11.5 Å². The van der Waals surface area contributed by atoms with Crippen LogP contribution in [-0.2, 0) is 4.74 Å². The summed E-state index contributed by atoms with van der Waals surface area (Å²) in [4.78, 5) is 4.30. The zero-order chi connectivity index (χ0) is 9.97. The Bertz CT molecular complexity index is 305. The summed E-state index contributed by atoms with van der Waals surface area (Å²) >= 11 is 3.12. The van der Waals surface area contributed by atoms with Gasteiger partial charge in [0.05, 0.1) is 11.9 Å². The van der Waals surface area contributed by atoms with E-state index in [2.05, 4.69) is 9.36 Å². The first-order valence-electron chi connectivity index (χ1n) is 4.56. The average Bonchev–Trinajstić information content (AvgIpc) is 2.56. The molecule has 1 fully saturated rings. The molecule has 14 heavy (non-hydrogen) atoms. The van der Waals surface area contributed by atoms with Gasteiger partial charge in [0, 0.05) is 12.6 Å². The minimum Gasteiger partial charge on any atom is -0.380 e. The first-order chi connectivity index (χ1) is 6.75. The Balaban J connectivity index is 1.95. The maximum atomic E-state index is 5.99. The van der Waals surface area contributed by atoms with Crippen molar-refractivity contribution in [3.8, 4) is 0 Å². The fourth-order valence-corrected chi connectivity index (χ4v) is 3.30. The SMILES string of the molecule is Cc1nsc(SC2COCCC2N)n1. The van der Waals surface area contributed by atoms with Gasteiger partial charge in [0.25, 0.3) is 0 Å². The Morgan fingerprint density at radius 1 is 1.64 bits per heavy atom. The molecule has 2 unspecified atom stereocenters. The molecule has 2 N–H and O–H groups in total. The standard InChI is InChI=1S/C8H13N3OS2/c1-5-10-8(14-11-5)13-7-4-12-3-2-6(7)9/h6-7H,2-4,9H2,1H3. The second kappa shape index (κ2) is 4.57. The quantitative estimate of drug-likeness (QED) is 0.824. The molecule has 0 aliphatic carbocycles. The second-order valence-corrected chi connectivity index (χ2v) is 5.53. The lowest BCUT2D eigenvalue weighted by molar-refractivity contribution is 0.0916. The lowest BCUT2D eigenvalue weighted by atomic mass is 10.1. The van der Waals surface area contributed by atoms with Crippen LogP contribution in [0, 0.1) is 6.92 Å². The van der Waals surface area contributed by atoms with Crippen LogP contribution < -0.4 is 5.73 Å². The Labute approximate surface area is 91.4 Å². The average molecular weight is 231 g/mol. The predicted molar refractivity (Wildman–Crippen MR) is 57.7 cm³/mol. The molecule has 1 aromatic rings. The van der Waals surface area contributed by atoms with Crippen molar-refractivity contribution < 1.29 is 4.74 Å². The van der Waals surface area contributed by atoms with Gasteiger partial charge in [0.15, 0.2) is 4.34 Å². The van der Waals surface area contributed by atoms with E-state index in [0.29, 0.717) is 5.25 Å². The number of hydrogen-bond donors (Lipinski definition) is 1. The molecule has 2 heterocycles. The molecule has 0 saturated carbocycles. The molecule has 1 aliphatic rings. The van der Waals surface area contributed by atoms with Crippen LogP contribution in [0.25, 0.3) is 0 Å². The van der Waals surface area contributed by atoms with Crippen LogP contribution in [0.1, 0.15) is 12.2 Å². The van der Waals surface area contributed by atoms with Crippen molar-refractivity contribution in [2.75, 3.05) is 13.2 Å². The summed E-state index contributed by atoms with van der Waals surface area (Å²) in [5, 5.41) is 0.330. The summed E-state index contributed by atoms with van der Waals surface area (Å²) in [6.45, 7) is 3.41. The third-order valence-corrected chi connectivity index (χ3v) is 4.31. The molecular formula is C8H13N3OS2. The highest BCUT2D eigenvalue weighted by molar-refractivity contribution is 8.01. The van der Waals surface area contributed by atoms with Crippen LogP contribution in [0.2, 0.25) is 0 Å². The monoisotopic (exact) mass is 231 g/mol. The zero-order valence-corrected chi connectivity index (χ0v) is 9.61. The van der Waals surface area contributed by atoms with E-state index in [1.807, 2.05) is 6.92 Å². The number of aromatic nitrogens is 2. The second-order valence-electron chi connectivity index (χ2n) is 3.29. The summed E-state index contributed by atoms with van der Waals surface area (Å²) < 4.78 is 10.5. The molecule has 2 rings (SSSR count). The minimum atomic E-state index is 0.220. The van der Waals surface area contributed by atoms with Crippen LogP contribution in [-0.4, -0.2) is 33.9 Å². The van der Waals surface area contributed by atoms with E-state index in [4.69, 9.17) is 10.5 Å². The first-order valence-corrected chi connectivity index (χ1v) is 6.21. The molecule has 0 aromatic carbocycles. The maximum Gasteiger partial charge on any atom is 0.170 e. The summed E-state index contributed by atoms with van der Waals surface area (Å²) in [5.41, 5.74) is 5.99. The molecule has 0 radical (unpaired) electrons. The highest BCUT2D eigenvalue weighted by atomic mass is 32.2. The van der Waals surface area contributed by atoms with Gasteiger partial charge in [0.2, 0.25) is 0 Å². The van der Waals surface area contributed by atoms with Crippen LogP contribution in [0.3, 0.4) is 0 Å². The number of rotatable bonds is 2. The van der Waals surface area contributed by atoms with Gasteiger partial charge in [-0.05, 0) is 24.9 Å². The smallest absolute Gasteiger partial charge is 0.170 e. The van der Waals surface area contributed by atoms with Crippen molar-refractivity contribution >= 4 is 23.3 Å². The molecule has 1 aromatic heterocycles. The van der Waals surface area contributed by atoms with Crippen molar-refractivity contribution in [1.82, 2.24) is 9.36 Å². The van der Waals surface area contributed by atoms with Gasteiger partial charge in [0.1, 0.15) is 5.82 Å². The molecule has 0 bridgehead atoms. The maximum absolute atomic E-state index is 5.99. The molecule has 1 saturated heterocycles. The largest absolute Gasteiger partial charge is 0.380 e. The molecule has 78 valence electrons. The third-order valence-electron chi connectivity index (χ3n) is 2.12. The molecule has 6 heteroatoms. The van der Waals surface area contributed by atoms with Crippen LogP contribution in [0.5, 0.6) is 0 Å². The summed E-state index contributed by atoms with van der Waals surface area (Å²) in [5.74, 6) is 0.836. The number of hydrogen-bond acceptors (Lipinski definition) is 6. The molecule has 2 atom stereocenters. The molecule has 1 aliphatic heterocycles. The van der Waals surface area contributed by atoms with Crippen molar-refractivity contribution in [3.05, 3.63) is 5.82 Å². The van der Waals surface area contributed by atoms with E-state index in [0.717, 1.165) is 29.8 Å². The van der Waals surface area contributed by atoms with E-state index in [1.54, 1.807) is 11.8 Å². The summed E-state index contributed by atoms with van der Waals surface area (Å²) in [7, 11) is 0. The Kier molecular flexibility index (Phi) is 3.38. The first kappa shape index (κ1) is 10.4. The number of thioether (sulfide) groups is 1. The number of nitrogens with two attached hydrogens (primary N) is 1. The highest BCUT2D eigenvalue weighted by Crippen LogP contribution is 2.29. The Morgan fingerprint density at radius 3 is 3.14 bits per heavy atom. The van der Waals surface area contributed by atoms with Crippen LogP contribution in [0.15, 0.2) is 4.34 Å². The van der Waals surface area contributed by atoms with Gasteiger partial charge >= 0.3 is 0 Å². The van der Waals surface area contributed by atoms with Gasteiger partial charge < -0.3 is 10.5 Å². The van der Waals surface area contributed by atoms with Gasteiger partial charge in [-0.25, -0.2) is 4.98 Å². The van der Waals surface area contributed by atoms with Gasteiger partial charge in [-0.2, -0.15) is 4.37 Å². The van der Waals surface area contributed by atoms with Gasteiger partial charge in [-0.15, -0.1) is 0 Å². The lowest BCUT2D eigenvalue weighted by Crippen LogP contribution is -2.40. The van der Waals surface area contributed by atoms with E-state index in [9.17, 15) is 0 Å². The van der Waals surface area contributed by atoms with Crippen molar-refractivity contribution in [2.45, 2.75) is 29.0 Å². The van der Waals surface area contributed by atoms with E-state index in [-0.39, 0.29) is 6.04 Å². The van der Waals surface area contributed by atoms with E-state index < -0.39 is 0 Å². The summed E-state index contributed by atoms with van der Waals surface area (Å²) in [6, 6.07) is 0.220. The van der Waals surface area contributed by atoms with Crippen molar-refractivity contribution in [1.29, 1.82) is 0 Å². The fourth-order valence-electron chi connectivity index (χ4n) is 1.31. The number of nitrogens with zero attached hydrogens (tertiary/aromatic N) is 2. The molecule has 0 amide bonds. The zero-order valence-electron chi connectivity index (χ0n) is 7.97. The van der Waals surface area contributed by atoms with Gasteiger partial charge in [-0.1, -0.05) is 11.8 Å². The predicted octanol–water partition coefficient (Wildman–Crippen LogP) is 1.05. The summed E-state index contributed by atoms with van der Waals surface area (Å²) in [6.07, 6.45) is 0.940. The Morgan fingerprint density at radius 2 is 2.50 bits per heavy atom. The molecular weight excluding hydrogens is 218 g/mol. The lowest BCUT2D eigenvalue weighted by Gasteiger charge is -2.26. The normalized spacial score (nSPS) is 27.9. The van der Waals surface area contributed by atoms with Gasteiger partial charge in [-0.3, -0.25) is 0 Å². The minimum absolute atomic E-state index is 0.220. The highest BCUT2D eigenvalue weighted by Gasteiger charge is 2.24. The number of aryl methyl sites for hydroxylation is 1. The van der Waals surface area contributed by atoms with E-state index >= 15 is 0 Å². The van der Waals surface area contributed by atoms with Crippen LogP contribution >= 0.6 is 23.3 Å². The fraction of sp³-hybridized carbons (Fsp3) is 0.750. The Hall–Kier alpha value is -0.170. The molecule has 0 spiro atoms. The molecule has 4 nitrogen and oxygen atoms in total. The van der Waals surface area contributed by atoms with Crippen LogP contribution in [0.4, 0.5) is 0 Å².